The number of aromatic nitrogens is 3. The van der Waals surface area contributed by atoms with Gasteiger partial charge in [-0.25, -0.2) is 4.68 Å². The van der Waals surface area contributed by atoms with Gasteiger partial charge in [-0.3, -0.25) is 0 Å². The van der Waals surface area contributed by atoms with Gasteiger partial charge in [-0.15, -0.1) is 5.10 Å². The van der Waals surface area contributed by atoms with Crippen LogP contribution in [0, 0.1) is 0 Å². The summed E-state index contributed by atoms with van der Waals surface area (Å²) in [7, 11) is 0. The minimum atomic E-state index is 0.154. The minimum Gasteiger partial charge on any atom is -0.369 e. The molecule has 2 saturated heterocycles. The Morgan fingerprint density at radius 1 is 1.00 bits per heavy atom. The molecule has 3 aromatic rings. The molecule has 0 saturated carbocycles. The van der Waals surface area contributed by atoms with Crippen molar-refractivity contribution in [3.05, 3.63) is 77.6 Å². The van der Waals surface area contributed by atoms with Gasteiger partial charge in [0.1, 0.15) is 6.10 Å². The first kappa shape index (κ1) is 17.6. The van der Waals surface area contributed by atoms with Gasteiger partial charge < -0.3 is 14.8 Å². The van der Waals surface area contributed by atoms with E-state index in [9.17, 15) is 0 Å². The second-order valence-corrected chi connectivity index (χ2v) is 7.45. The zero-order valence-electron chi connectivity index (χ0n) is 15.7. The van der Waals surface area contributed by atoms with Gasteiger partial charge in [-0.1, -0.05) is 47.7 Å². The average Bonchev–Trinajstić information content (AvgIpc) is 3.41. The maximum Gasteiger partial charge on any atom is 0.113 e. The molecule has 144 valence electrons. The summed E-state index contributed by atoms with van der Waals surface area (Å²) in [5.41, 5.74) is 4.47. The summed E-state index contributed by atoms with van der Waals surface area (Å²) in [5.74, 6) is 0. The van der Waals surface area contributed by atoms with Crippen LogP contribution in [-0.2, 0) is 28.9 Å². The third-order valence-electron chi connectivity index (χ3n) is 5.40. The third-order valence-corrected chi connectivity index (χ3v) is 5.40. The Kier molecular flexibility index (Phi) is 4.91. The summed E-state index contributed by atoms with van der Waals surface area (Å²) >= 11 is 0. The predicted octanol–water partition coefficient (Wildman–Crippen LogP) is 2.31. The molecule has 1 N–H and O–H groups in total. The SMILES string of the molecule is c1ccc(CCc2cn(-c3ccc(CO[C@@H]4CNC[C@H]5O[C@@H]45)cc3)nn2)cc1. The van der Waals surface area contributed by atoms with E-state index in [1.807, 2.05) is 16.9 Å². The van der Waals surface area contributed by atoms with E-state index in [4.69, 9.17) is 9.47 Å². The number of nitrogens with zero attached hydrogens (tertiary/aromatic N) is 3. The number of nitrogens with one attached hydrogen (secondary N) is 1. The van der Waals surface area contributed by atoms with Gasteiger partial charge in [0.15, 0.2) is 0 Å². The number of ether oxygens (including phenoxy) is 2. The van der Waals surface area contributed by atoms with E-state index in [1.165, 1.54) is 5.56 Å². The smallest absolute Gasteiger partial charge is 0.113 e. The van der Waals surface area contributed by atoms with E-state index in [-0.39, 0.29) is 12.2 Å². The van der Waals surface area contributed by atoms with Crippen molar-refractivity contribution in [1.82, 2.24) is 20.3 Å². The maximum absolute atomic E-state index is 6.02. The molecule has 2 aliphatic heterocycles. The molecule has 6 heteroatoms. The van der Waals surface area contributed by atoms with Crippen LogP contribution in [0.25, 0.3) is 5.69 Å². The molecule has 1 aromatic heterocycles. The van der Waals surface area contributed by atoms with Crippen LogP contribution in [0.4, 0.5) is 0 Å². The first-order valence-corrected chi connectivity index (χ1v) is 9.87. The lowest BCUT2D eigenvalue weighted by atomic mass is 10.1. The highest BCUT2D eigenvalue weighted by molar-refractivity contribution is 5.33. The van der Waals surface area contributed by atoms with Crippen molar-refractivity contribution < 1.29 is 9.47 Å². The van der Waals surface area contributed by atoms with Gasteiger partial charge in [0, 0.05) is 13.1 Å². The monoisotopic (exact) mass is 376 g/mol. The van der Waals surface area contributed by atoms with E-state index in [1.54, 1.807) is 0 Å². The summed E-state index contributed by atoms with van der Waals surface area (Å²) in [5, 5.41) is 11.9. The third kappa shape index (κ3) is 3.99. The fourth-order valence-corrected chi connectivity index (χ4v) is 3.69. The Balaban J connectivity index is 1.16. The Labute approximate surface area is 164 Å². The molecule has 0 aliphatic carbocycles. The first-order valence-electron chi connectivity index (χ1n) is 9.87. The Morgan fingerprint density at radius 2 is 1.86 bits per heavy atom. The van der Waals surface area contributed by atoms with Gasteiger partial charge in [0.2, 0.25) is 0 Å². The number of hydrogen-bond acceptors (Lipinski definition) is 5. The zero-order valence-corrected chi connectivity index (χ0v) is 15.7. The van der Waals surface area contributed by atoms with E-state index < -0.39 is 0 Å². The second kappa shape index (κ2) is 7.83. The van der Waals surface area contributed by atoms with Crippen molar-refractivity contribution in [2.75, 3.05) is 13.1 Å². The molecule has 0 spiro atoms. The normalized spacial score (nSPS) is 23.4. The van der Waals surface area contributed by atoms with Gasteiger partial charge >= 0.3 is 0 Å². The van der Waals surface area contributed by atoms with Gasteiger partial charge in [-0.2, -0.15) is 0 Å². The molecule has 0 bridgehead atoms. The molecular weight excluding hydrogens is 352 g/mol. The van der Waals surface area contributed by atoms with Crippen molar-refractivity contribution >= 4 is 0 Å². The molecule has 2 fully saturated rings. The van der Waals surface area contributed by atoms with E-state index >= 15 is 0 Å². The highest BCUT2D eigenvalue weighted by atomic mass is 16.6. The van der Waals surface area contributed by atoms with Crippen molar-refractivity contribution in [1.29, 1.82) is 0 Å². The summed E-state index contributed by atoms with van der Waals surface area (Å²) < 4.78 is 13.5. The lowest BCUT2D eigenvalue weighted by molar-refractivity contribution is 0.0211. The van der Waals surface area contributed by atoms with Crippen LogP contribution in [0.15, 0.2) is 60.8 Å². The summed E-state index contributed by atoms with van der Waals surface area (Å²) in [6.07, 6.45) is 4.65. The molecule has 5 rings (SSSR count). The predicted molar refractivity (Wildman–Crippen MR) is 105 cm³/mol. The van der Waals surface area contributed by atoms with Gasteiger partial charge in [0.05, 0.1) is 36.4 Å². The summed E-state index contributed by atoms with van der Waals surface area (Å²) in [6.45, 7) is 2.41. The van der Waals surface area contributed by atoms with Crippen molar-refractivity contribution in [3.8, 4) is 5.69 Å². The van der Waals surface area contributed by atoms with Crippen LogP contribution in [0.2, 0.25) is 0 Å². The minimum absolute atomic E-state index is 0.154. The summed E-state index contributed by atoms with van der Waals surface area (Å²) in [4.78, 5) is 0. The molecule has 3 heterocycles. The zero-order chi connectivity index (χ0) is 18.8. The number of aryl methyl sites for hydroxylation is 2. The largest absolute Gasteiger partial charge is 0.369 e. The van der Waals surface area contributed by atoms with Crippen LogP contribution in [0.1, 0.15) is 16.8 Å². The number of epoxide rings is 1. The number of piperidine rings is 1. The average molecular weight is 376 g/mol. The Bertz CT molecular complexity index is 910. The van der Waals surface area contributed by atoms with Crippen LogP contribution >= 0.6 is 0 Å². The van der Waals surface area contributed by atoms with E-state index in [0.29, 0.717) is 12.7 Å². The molecule has 28 heavy (non-hydrogen) atoms. The maximum atomic E-state index is 6.02. The standard InChI is InChI=1S/C22H24N4O2/c1-2-4-16(5-3-1)6-9-18-14-26(25-24-18)19-10-7-17(8-11-19)15-27-20-12-23-13-21-22(20)28-21/h1-5,7-8,10-11,14,20-23H,6,9,12-13,15H2/t20-,21-,22+/m1/s1. The van der Waals surface area contributed by atoms with Crippen LogP contribution in [0.5, 0.6) is 0 Å². The molecule has 3 atom stereocenters. The molecular formula is C22H24N4O2. The van der Waals surface area contributed by atoms with Crippen LogP contribution in [0.3, 0.4) is 0 Å². The Morgan fingerprint density at radius 3 is 2.71 bits per heavy atom. The highest BCUT2D eigenvalue weighted by Crippen LogP contribution is 2.29. The Hall–Kier alpha value is -2.54. The van der Waals surface area contributed by atoms with Gasteiger partial charge in [-0.05, 0) is 36.1 Å². The topological polar surface area (TPSA) is 64.5 Å². The summed E-state index contributed by atoms with van der Waals surface area (Å²) in [6, 6.07) is 18.7. The quantitative estimate of drug-likeness (QED) is 0.641. The second-order valence-electron chi connectivity index (χ2n) is 7.45. The molecule has 2 aromatic carbocycles. The van der Waals surface area contributed by atoms with Crippen molar-refractivity contribution in [2.45, 2.75) is 37.8 Å². The number of benzene rings is 2. The number of fused-ring (bicyclic) bond motifs is 1. The van der Waals surface area contributed by atoms with Crippen LogP contribution < -0.4 is 5.32 Å². The molecule has 0 radical (unpaired) electrons. The van der Waals surface area contributed by atoms with E-state index in [2.05, 4.69) is 64.2 Å². The number of hydrogen-bond donors (Lipinski definition) is 1. The first-order chi connectivity index (χ1) is 13.8. The lowest BCUT2D eigenvalue weighted by Gasteiger charge is -2.20. The van der Waals surface area contributed by atoms with Crippen LogP contribution in [-0.4, -0.2) is 46.4 Å². The van der Waals surface area contributed by atoms with E-state index in [0.717, 1.165) is 42.9 Å². The fraction of sp³-hybridized carbons (Fsp3) is 0.364. The lowest BCUT2D eigenvalue weighted by Crippen LogP contribution is -2.41. The number of rotatable bonds is 7. The molecule has 2 aliphatic rings. The fourth-order valence-electron chi connectivity index (χ4n) is 3.69. The van der Waals surface area contributed by atoms with Crippen molar-refractivity contribution in [3.63, 3.8) is 0 Å². The molecule has 0 unspecified atom stereocenters. The molecule has 6 nitrogen and oxygen atoms in total. The highest BCUT2D eigenvalue weighted by Gasteiger charge is 2.48. The van der Waals surface area contributed by atoms with Gasteiger partial charge in [0.25, 0.3) is 0 Å². The van der Waals surface area contributed by atoms with Crippen molar-refractivity contribution in [2.24, 2.45) is 0 Å². The molecule has 0 amide bonds.